The molecule has 182 valence electrons. The molecular weight excluding hydrogens is 445 g/mol. The van der Waals surface area contributed by atoms with Gasteiger partial charge in [-0.15, -0.1) is 0 Å². The number of anilines is 3. The lowest BCUT2D eigenvalue weighted by Crippen LogP contribution is -2.32. The molecule has 1 aromatic heterocycles. The Morgan fingerprint density at radius 2 is 1.88 bits per heavy atom. The van der Waals surface area contributed by atoms with Gasteiger partial charge in [0.1, 0.15) is 17.9 Å². The van der Waals surface area contributed by atoms with Crippen molar-refractivity contribution in [3.63, 3.8) is 0 Å². The molecule has 2 heterocycles. The fourth-order valence-corrected chi connectivity index (χ4v) is 3.95. The Hall–Kier alpha value is -3.11. The number of rotatable bonds is 9. The standard InChI is InChI=1S/C24H29F3N6O/c1-33-9-5-15(6-10-33)13-34-21-12-19-16(11-20(21)29-8-2-7-28)24(31-14-30-19)32-18-4-3-17(25)22(26)23(18)27/h3-4,11-12,14-15,29H,2,5-10,13,28H2,1H3,(H,30,31,32). The fraction of sp³-hybridized carbons (Fsp3) is 0.417. The van der Waals surface area contributed by atoms with Crippen molar-refractivity contribution >= 4 is 28.1 Å². The third-order valence-corrected chi connectivity index (χ3v) is 6.03. The van der Waals surface area contributed by atoms with Crippen LogP contribution in [0.4, 0.5) is 30.4 Å². The number of benzene rings is 2. The van der Waals surface area contributed by atoms with Crippen molar-refractivity contribution in [2.24, 2.45) is 11.7 Å². The van der Waals surface area contributed by atoms with Gasteiger partial charge in [0, 0.05) is 18.0 Å². The molecule has 2 aromatic carbocycles. The number of nitrogens with one attached hydrogen (secondary N) is 2. The molecule has 0 spiro atoms. The second kappa shape index (κ2) is 10.9. The smallest absolute Gasteiger partial charge is 0.196 e. The minimum absolute atomic E-state index is 0.223. The highest BCUT2D eigenvalue weighted by Crippen LogP contribution is 2.34. The maximum atomic E-state index is 14.2. The highest BCUT2D eigenvalue weighted by Gasteiger charge is 2.19. The molecule has 0 aliphatic carbocycles. The van der Waals surface area contributed by atoms with Gasteiger partial charge < -0.3 is 26.0 Å². The van der Waals surface area contributed by atoms with Gasteiger partial charge >= 0.3 is 0 Å². The van der Waals surface area contributed by atoms with E-state index in [-0.39, 0.29) is 11.5 Å². The van der Waals surface area contributed by atoms with Gasteiger partial charge in [-0.25, -0.2) is 23.1 Å². The zero-order valence-corrected chi connectivity index (χ0v) is 19.1. The van der Waals surface area contributed by atoms with Gasteiger partial charge in [0.25, 0.3) is 0 Å². The Labute approximate surface area is 196 Å². The Bertz CT molecular complexity index is 1140. The van der Waals surface area contributed by atoms with Crippen LogP contribution in [0.25, 0.3) is 10.9 Å². The third-order valence-electron chi connectivity index (χ3n) is 6.03. The van der Waals surface area contributed by atoms with Crippen LogP contribution in [-0.2, 0) is 0 Å². The second-order valence-corrected chi connectivity index (χ2v) is 8.56. The van der Waals surface area contributed by atoms with E-state index in [9.17, 15) is 13.2 Å². The van der Waals surface area contributed by atoms with Crippen LogP contribution >= 0.6 is 0 Å². The largest absolute Gasteiger partial charge is 0.491 e. The van der Waals surface area contributed by atoms with Crippen LogP contribution in [0.15, 0.2) is 30.6 Å². The average molecular weight is 475 g/mol. The van der Waals surface area contributed by atoms with Crippen molar-refractivity contribution in [2.45, 2.75) is 19.3 Å². The van der Waals surface area contributed by atoms with Crippen LogP contribution < -0.4 is 21.1 Å². The second-order valence-electron chi connectivity index (χ2n) is 8.56. The number of likely N-dealkylation sites (tertiary alicyclic amines) is 1. The van der Waals surface area contributed by atoms with E-state index in [1.165, 1.54) is 6.33 Å². The monoisotopic (exact) mass is 474 g/mol. The van der Waals surface area contributed by atoms with Crippen molar-refractivity contribution in [3.8, 4) is 5.75 Å². The molecule has 0 saturated carbocycles. The average Bonchev–Trinajstić information content (AvgIpc) is 2.84. The summed E-state index contributed by atoms with van der Waals surface area (Å²) >= 11 is 0. The zero-order chi connectivity index (χ0) is 24.1. The van der Waals surface area contributed by atoms with E-state index < -0.39 is 17.5 Å². The SMILES string of the molecule is CN1CCC(COc2cc3ncnc(Nc4ccc(F)c(F)c4F)c3cc2NCCCN)CC1. The topological polar surface area (TPSA) is 88.3 Å². The van der Waals surface area contributed by atoms with Crippen LogP contribution in [0.5, 0.6) is 5.75 Å². The Morgan fingerprint density at radius 3 is 2.65 bits per heavy atom. The molecule has 10 heteroatoms. The number of hydrogen-bond donors (Lipinski definition) is 3. The first kappa shape index (κ1) is 24.0. The highest BCUT2D eigenvalue weighted by molar-refractivity contribution is 5.94. The van der Waals surface area contributed by atoms with Gasteiger partial charge in [-0.1, -0.05) is 0 Å². The molecule has 1 aliphatic heterocycles. The molecule has 7 nitrogen and oxygen atoms in total. The molecule has 1 fully saturated rings. The summed E-state index contributed by atoms with van der Waals surface area (Å²) in [7, 11) is 2.12. The van der Waals surface area contributed by atoms with E-state index in [0.717, 1.165) is 50.2 Å². The minimum Gasteiger partial charge on any atom is -0.491 e. The maximum absolute atomic E-state index is 14.2. The normalized spacial score (nSPS) is 15.0. The van der Waals surface area contributed by atoms with E-state index in [2.05, 4.69) is 32.5 Å². The van der Waals surface area contributed by atoms with Gasteiger partial charge in [-0.2, -0.15) is 0 Å². The predicted molar refractivity (Wildman–Crippen MR) is 127 cm³/mol. The highest BCUT2D eigenvalue weighted by atomic mass is 19.2. The molecular formula is C24H29F3N6O. The minimum atomic E-state index is -1.54. The summed E-state index contributed by atoms with van der Waals surface area (Å²) in [6.45, 7) is 3.88. The third kappa shape index (κ3) is 5.51. The zero-order valence-electron chi connectivity index (χ0n) is 19.1. The summed E-state index contributed by atoms with van der Waals surface area (Å²) in [5.74, 6) is -2.72. The van der Waals surface area contributed by atoms with E-state index in [1.54, 1.807) is 0 Å². The Balaban J connectivity index is 1.63. The summed E-state index contributed by atoms with van der Waals surface area (Å²) in [6, 6.07) is 5.61. The first-order valence-electron chi connectivity index (χ1n) is 11.4. The molecule has 0 radical (unpaired) electrons. The molecule has 34 heavy (non-hydrogen) atoms. The van der Waals surface area contributed by atoms with E-state index in [1.807, 2.05) is 12.1 Å². The van der Waals surface area contributed by atoms with E-state index in [4.69, 9.17) is 10.5 Å². The maximum Gasteiger partial charge on any atom is 0.196 e. The lowest BCUT2D eigenvalue weighted by molar-refractivity contribution is 0.160. The molecule has 0 unspecified atom stereocenters. The summed E-state index contributed by atoms with van der Waals surface area (Å²) < 4.78 is 47.5. The number of nitrogens with zero attached hydrogens (tertiary/aromatic N) is 3. The Kier molecular flexibility index (Phi) is 7.69. The van der Waals surface area contributed by atoms with Crippen molar-refractivity contribution in [2.75, 3.05) is 50.5 Å². The number of fused-ring (bicyclic) bond motifs is 1. The van der Waals surface area contributed by atoms with Crippen LogP contribution in [0.3, 0.4) is 0 Å². The summed E-state index contributed by atoms with van der Waals surface area (Å²) in [6.07, 6.45) is 4.25. The lowest BCUT2D eigenvalue weighted by atomic mass is 9.98. The van der Waals surface area contributed by atoms with Gasteiger partial charge in [0.15, 0.2) is 17.5 Å². The Morgan fingerprint density at radius 1 is 1.09 bits per heavy atom. The fourth-order valence-electron chi connectivity index (χ4n) is 3.95. The molecule has 0 bridgehead atoms. The number of piperidine rings is 1. The van der Waals surface area contributed by atoms with Crippen molar-refractivity contribution in [1.82, 2.24) is 14.9 Å². The summed E-state index contributed by atoms with van der Waals surface area (Å²) in [5, 5.41) is 6.68. The van der Waals surface area contributed by atoms with Crippen LogP contribution in [0.1, 0.15) is 19.3 Å². The first-order chi connectivity index (χ1) is 16.5. The molecule has 0 amide bonds. The number of hydrogen-bond acceptors (Lipinski definition) is 7. The number of nitrogens with two attached hydrogens (primary N) is 1. The number of halogens is 3. The molecule has 1 aliphatic rings. The summed E-state index contributed by atoms with van der Waals surface area (Å²) in [5.41, 5.74) is 6.72. The quantitative estimate of drug-likeness (QED) is 0.315. The van der Waals surface area contributed by atoms with Crippen molar-refractivity contribution < 1.29 is 17.9 Å². The van der Waals surface area contributed by atoms with Crippen molar-refractivity contribution in [3.05, 3.63) is 48.0 Å². The van der Waals surface area contributed by atoms with Crippen LogP contribution in [0, 0.1) is 23.4 Å². The van der Waals surface area contributed by atoms with Gasteiger partial charge in [-0.05, 0) is 70.1 Å². The first-order valence-corrected chi connectivity index (χ1v) is 11.4. The van der Waals surface area contributed by atoms with E-state index >= 15 is 0 Å². The molecule has 4 rings (SSSR count). The molecule has 3 aromatic rings. The number of ether oxygens (including phenoxy) is 1. The van der Waals surface area contributed by atoms with Crippen molar-refractivity contribution in [1.29, 1.82) is 0 Å². The predicted octanol–water partition coefficient (Wildman–Crippen LogP) is 4.27. The van der Waals surface area contributed by atoms with E-state index in [0.29, 0.717) is 42.3 Å². The number of aromatic nitrogens is 2. The summed E-state index contributed by atoms with van der Waals surface area (Å²) in [4.78, 5) is 10.8. The van der Waals surface area contributed by atoms with Gasteiger partial charge in [0.2, 0.25) is 0 Å². The van der Waals surface area contributed by atoms with Gasteiger partial charge in [0.05, 0.1) is 23.5 Å². The molecule has 0 atom stereocenters. The van der Waals surface area contributed by atoms with Gasteiger partial charge in [-0.3, -0.25) is 0 Å². The van der Waals surface area contributed by atoms with Crippen LogP contribution in [0.2, 0.25) is 0 Å². The molecule has 4 N–H and O–H groups in total. The lowest BCUT2D eigenvalue weighted by Gasteiger charge is -2.29. The van der Waals surface area contributed by atoms with Crippen LogP contribution in [-0.4, -0.2) is 54.7 Å². The molecule has 1 saturated heterocycles.